The first-order valence-electron chi connectivity index (χ1n) is 8.98. The van der Waals surface area contributed by atoms with Crippen LogP contribution < -0.4 is 0 Å². The number of piperidine rings is 2. The van der Waals surface area contributed by atoms with Crippen molar-refractivity contribution in [2.45, 2.75) is 77.8 Å². The van der Waals surface area contributed by atoms with E-state index in [-0.39, 0.29) is 0 Å². The molecule has 0 N–H and O–H groups in total. The summed E-state index contributed by atoms with van der Waals surface area (Å²) in [5, 5.41) is 4.59. The number of fused-ring (bicyclic) bond motifs is 1. The Morgan fingerprint density at radius 1 is 1.10 bits per heavy atom. The lowest BCUT2D eigenvalue weighted by atomic mass is 9.81. The summed E-state index contributed by atoms with van der Waals surface area (Å²) in [5.41, 5.74) is 0. The maximum Gasteiger partial charge on any atom is 0.150 e. The lowest BCUT2D eigenvalue weighted by molar-refractivity contribution is 0.0556. The van der Waals surface area contributed by atoms with Gasteiger partial charge in [-0.25, -0.2) is 4.98 Å². The van der Waals surface area contributed by atoms with Gasteiger partial charge < -0.3 is 4.90 Å². The molecule has 0 saturated carbocycles. The Kier molecular flexibility index (Phi) is 4.94. The van der Waals surface area contributed by atoms with Gasteiger partial charge in [-0.15, -0.1) is 0 Å². The molecule has 118 valence electrons. The van der Waals surface area contributed by atoms with E-state index in [1.54, 1.807) is 0 Å². The second-order valence-electron chi connectivity index (χ2n) is 6.65. The maximum absolute atomic E-state index is 4.73. The molecule has 3 rings (SSSR count). The van der Waals surface area contributed by atoms with Crippen molar-refractivity contribution in [3.8, 4) is 0 Å². The molecule has 4 heteroatoms. The smallest absolute Gasteiger partial charge is 0.150 e. The van der Waals surface area contributed by atoms with Gasteiger partial charge in [0.1, 0.15) is 5.82 Å². The van der Waals surface area contributed by atoms with Crippen LogP contribution in [0.1, 0.15) is 64.0 Å². The highest BCUT2D eigenvalue weighted by molar-refractivity contribution is 4.95. The van der Waals surface area contributed by atoms with Gasteiger partial charge in [-0.2, -0.15) is 5.10 Å². The molecule has 0 spiro atoms. The Labute approximate surface area is 128 Å². The van der Waals surface area contributed by atoms with E-state index in [2.05, 4.69) is 28.5 Å². The number of rotatable bonds is 5. The molecule has 4 nitrogen and oxygen atoms in total. The van der Waals surface area contributed by atoms with Gasteiger partial charge in [0, 0.05) is 25.4 Å². The lowest BCUT2D eigenvalue weighted by Gasteiger charge is -2.44. The van der Waals surface area contributed by atoms with E-state index < -0.39 is 0 Å². The summed E-state index contributed by atoms with van der Waals surface area (Å²) < 4.78 is 2.11. The molecule has 0 aliphatic carbocycles. The molecule has 2 aliphatic heterocycles. The summed E-state index contributed by atoms with van der Waals surface area (Å²) in [6.07, 6.45) is 10.4. The SMILES string of the molecule is CCc1nc(CC[C@@H]2CCCN3CCCC[C@H]23)n(CC)n1. The van der Waals surface area contributed by atoms with Crippen LogP contribution in [-0.4, -0.2) is 38.8 Å². The average Bonchev–Trinajstić information content (AvgIpc) is 2.95. The molecule has 3 heterocycles. The molecular weight excluding hydrogens is 260 g/mol. The van der Waals surface area contributed by atoms with Gasteiger partial charge >= 0.3 is 0 Å². The number of aryl methyl sites for hydroxylation is 3. The highest BCUT2D eigenvalue weighted by Crippen LogP contribution is 2.33. The standard InChI is InChI=1S/C17H30N4/c1-3-16-18-17(21(4-2)19-16)11-10-14-8-7-13-20-12-6-5-9-15(14)20/h14-15H,3-13H2,1-2H3/t14-,15+/m0/s1. The molecule has 0 unspecified atom stereocenters. The topological polar surface area (TPSA) is 34.0 Å². The van der Waals surface area contributed by atoms with E-state index >= 15 is 0 Å². The van der Waals surface area contributed by atoms with Crippen molar-refractivity contribution in [1.82, 2.24) is 19.7 Å². The first-order valence-corrected chi connectivity index (χ1v) is 8.98. The van der Waals surface area contributed by atoms with E-state index in [1.165, 1.54) is 57.4 Å². The maximum atomic E-state index is 4.73. The molecule has 2 fully saturated rings. The molecule has 2 aliphatic rings. The molecule has 2 atom stereocenters. The van der Waals surface area contributed by atoms with E-state index in [9.17, 15) is 0 Å². The fourth-order valence-electron chi connectivity index (χ4n) is 4.24. The van der Waals surface area contributed by atoms with E-state index in [1.807, 2.05) is 0 Å². The van der Waals surface area contributed by atoms with E-state index in [4.69, 9.17) is 4.98 Å². The predicted molar refractivity (Wildman–Crippen MR) is 85.3 cm³/mol. The monoisotopic (exact) mass is 290 g/mol. The highest BCUT2D eigenvalue weighted by atomic mass is 15.3. The van der Waals surface area contributed by atoms with Gasteiger partial charge in [-0.1, -0.05) is 13.3 Å². The number of hydrogen-bond acceptors (Lipinski definition) is 3. The van der Waals surface area contributed by atoms with Gasteiger partial charge in [0.25, 0.3) is 0 Å². The van der Waals surface area contributed by atoms with Gasteiger partial charge in [-0.05, 0) is 58.0 Å². The minimum Gasteiger partial charge on any atom is -0.300 e. The van der Waals surface area contributed by atoms with Crippen LogP contribution in [0.25, 0.3) is 0 Å². The van der Waals surface area contributed by atoms with Crippen LogP contribution in [0.5, 0.6) is 0 Å². The number of hydrogen-bond donors (Lipinski definition) is 0. The van der Waals surface area contributed by atoms with Gasteiger partial charge in [0.2, 0.25) is 0 Å². The van der Waals surface area contributed by atoms with Gasteiger partial charge in [0.15, 0.2) is 5.82 Å². The lowest BCUT2D eigenvalue weighted by Crippen LogP contribution is -2.48. The van der Waals surface area contributed by atoms with Crippen molar-refractivity contribution in [1.29, 1.82) is 0 Å². The number of aromatic nitrogens is 3. The van der Waals surface area contributed by atoms with Crippen molar-refractivity contribution in [3.63, 3.8) is 0 Å². The zero-order chi connectivity index (χ0) is 14.7. The molecule has 0 amide bonds. The summed E-state index contributed by atoms with van der Waals surface area (Å²) in [7, 11) is 0. The third kappa shape index (κ3) is 3.31. The second kappa shape index (κ2) is 6.91. The van der Waals surface area contributed by atoms with Crippen molar-refractivity contribution in [2.24, 2.45) is 5.92 Å². The summed E-state index contributed by atoms with van der Waals surface area (Å²) in [6, 6.07) is 0.858. The summed E-state index contributed by atoms with van der Waals surface area (Å²) in [6.45, 7) is 7.93. The largest absolute Gasteiger partial charge is 0.300 e. The van der Waals surface area contributed by atoms with Crippen LogP contribution in [0.4, 0.5) is 0 Å². The third-order valence-electron chi connectivity index (χ3n) is 5.38. The van der Waals surface area contributed by atoms with E-state index in [0.29, 0.717) is 0 Å². The molecular formula is C17H30N4. The van der Waals surface area contributed by atoms with Crippen molar-refractivity contribution >= 4 is 0 Å². The Hall–Kier alpha value is -0.900. The van der Waals surface area contributed by atoms with Crippen molar-refractivity contribution in [2.75, 3.05) is 13.1 Å². The molecule has 1 aromatic rings. The third-order valence-corrected chi connectivity index (χ3v) is 5.38. The van der Waals surface area contributed by atoms with Crippen LogP contribution in [0.15, 0.2) is 0 Å². The fraction of sp³-hybridized carbons (Fsp3) is 0.882. The fourth-order valence-corrected chi connectivity index (χ4v) is 4.24. The first kappa shape index (κ1) is 15.0. The van der Waals surface area contributed by atoms with Crippen LogP contribution in [-0.2, 0) is 19.4 Å². The minimum atomic E-state index is 0.858. The van der Waals surface area contributed by atoms with Crippen LogP contribution in [0.2, 0.25) is 0 Å². The summed E-state index contributed by atoms with van der Waals surface area (Å²) in [5.74, 6) is 3.10. The number of nitrogens with zero attached hydrogens (tertiary/aromatic N) is 4. The zero-order valence-corrected chi connectivity index (χ0v) is 13.7. The van der Waals surface area contributed by atoms with Crippen LogP contribution in [0.3, 0.4) is 0 Å². The second-order valence-corrected chi connectivity index (χ2v) is 6.65. The van der Waals surface area contributed by atoms with Crippen molar-refractivity contribution in [3.05, 3.63) is 11.6 Å². The van der Waals surface area contributed by atoms with Crippen LogP contribution in [0, 0.1) is 5.92 Å². The average molecular weight is 290 g/mol. The quantitative estimate of drug-likeness (QED) is 0.836. The predicted octanol–water partition coefficient (Wildman–Crippen LogP) is 3.06. The minimum absolute atomic E-state index is 0.858. The Morgan fingerprint density at radius 3 is 2.76 bits per heavy atom. The molecule has 1 aromatic heterocycles. The Bertz CT molecular complexity index is 452. The van der Waals surface area contributed by atoms with Gasteiger partial charge in [0.05, 0.1) is 0 Å². The van der Waals surface area contributed by atoms with Crippen molar-refractivity contribution < 1.29 is 0 Å². The first-order chi connectivity index (χ1) is 10.3. The highest BCUT2D eigenvalue weighted by Gasteiger charge is 2.32. The molecule has 0 bridgehead atoms. The molecule has 0 aromatic carbocycles. The normalized spacial score (nSPS) is 26.8. The molecule has 0 radical (unpaired) electrons. The zero-order valence-electron chi connectivity index (χ0n) is 13.7. The van der Waals surface area contributed by atoms with Crippen LogP contribution >= 0.6 is 0 Å². The summed E-state index contributed by atoms with van der Waals surface area (Å²) >= 11 is 0. The Morgan fingerprint density at radius 2 is 1.95 bits per heavy atom. The Balaban J connectivity index is 1.62. The molecule has 21 heavy (non-hydrogen) atoms. The summed E-state index contributed by atoms with van der Waals surface area (Å²) in [4.78, 5) is 7.49. The van der Waals surface area contributed by atoms with Gasteiger partial charge in [-0.3, -0.25) is 4.68 Å². The van der Waals surface area contributed by atoms with E-state index in [0.717, 1.165) is 37.2 Å². The molecule has 2 saturated heterocycles.